The van der Waals surface area contributed by atoms with Crippen LogP contribution in [0.4, 0.5) is 0 Å². The Morgan fingerprint density at radius 1 is 1.21 bits per heavy atom. The maximum absolute atomic E-state index is 12.6. The van der Waals surface area contributed by atoms with Gasteiger partial charge >= 0.3 is 0 Å². The number of likely N-dealkylation sites (tertiary alicyclic amines) is 1. The van der Waals surface area contributed by atoms with E-state index in [1.165, 1.54) is 18.4 Å². The Labute approximate surface area is 168 Å². The molecule has 1 aromatic rings. The first kappa shape index (κ1) is 19.7. The number of methoxy groups -OCH3 is 1. The highest BCUT2D eigenvalue weighted by atomic mass is 16.5. The molecule has 1 amide bonds. The van der Waals surface area contributed by atoms with Gasteiger partial charge in [0.15, 0.2) is 0 Å². The summed E-state index contributed by atoms with van der Waals surface area (Å²) < 4.78 is 11.0. The molecule has 3 aliphatic rings. The highest BCUT2D eigenvalue weighted by Gasteiger charge is 2.39. The maximum Gasteiger partial charge on any atom is 0.222 e. The highest BCUT2D eigenvalue weighted by molar-refractivity contribution is 5.77. The minimum atomic E-state index is 0.0952. The number of ether oxygens (including phenoxy) is 2. The minimum absolute atomic E-state index is 0.0952. The summed E-state index contributed by atoms with van der Waals surface area (Å²) in [5.74, 6) is 1.07. The second-order valence-corrected chi connectivity index (χ2v) is 8.36. The number of morpholine rings is 1. The van der Waals surface area contributed by atoms with Crippen molar-refractivity contribution in [2.45, 2.75) is 63.3 Å². The first-order chi connectivity index (χ1) is 13.7. The summed E-state index contributed by atoms with van der Waals surface area (Å²) in [5.41, 5.74) is 1.29. The zero-order valence-electron chi connectivity index (χ0n) is 17.1. The number of carbonyl (C=O) groups is 1. The van der Waals surface area contributed by atoms with Gasteiger partial charge < -0.3 is 14.8 Å². The molecule has 0 aliphatic carbocycles. The fourth-order valence-corrected chi connectivity index (χ4v) is 5.15. The lowest BCUT2D eigenvalue weighted by Gasteiger charge is -2.48. The van der Waals surface area contributed by atoms with Gasteiger partial charge in [0.1, 0.15) is 5.75 Å². The summed E-state index contributed by atoms with van der Waals surface area (Å²) in [6.07, 6.45) is 5.21. The Hall–Kier alpha value is -1.63. The van der Waals surface area contributed by atoms with Crippen LogP contribution in [0, 0.1) is 0 Å². The molecule has 3 fully saturated rings. The molecule has 0 saturated carbocycles. The van der Waals surface area contributed by atoms with E-state index in [-0.39, 0.29) is 12.1 Å². The smallest absolute Gasteiger partial charge is 0.222 e. The zero-order chi connectivity index (χ0) is 19.5. The molecule has 3 aliphatic heterocycles. The van der Waals surface area contributed by atoms with Gasteiger partial charge in [0.05, 0.1) is 26.5 Å². The van der Waals surface area contributed by atoms with Gasteiger partial charge in [-0.05, 0) is 43.9 Å². The van der Waals surface area contributed by atoms with E-state index < -0.39 is 0 Å². The van der Waals surface area contributed by atoms with Gasteiger partial charge in [-0.25, -0.2) is 0 Å². The van der Waals surface area contributed by atoms with Gasteiger partial charge in [-0.1, -0.05) is 18.6 Å². The molecule has 0 spiro atoms. The molecule has 3 heterocycles. The third-order valence-electron chi connectivity index (χ3n) is 6.56. The van der Waals surface area contributed by atoms with Crippen LogP contribution in [0.2, 0.25) is 0 Å². The predicted molar refractivity (Wildman–Crippen MR) is 108 cm³/mol. The SMILES string of the molecule is COc1cccc([C@@H]2CCCCN2C2CC(N3CCOC[C@H]3C)CC(=O)N2)c1. The Morgan fingerprint density at radius 3 is 2.93 bits per heavy atom. The van der Waals surface area contributed by atoms with Crippen molar-refractivity contribution in [3.63, 3.8) is 0 Å². The topological polar surface area (TPSA) is 54.0 Å². The van der Waals surface area contributed by atoms with Crippen molar-refractivity contribution < 1.29 is 14.3 Å². The van der Waals surface area contributed by atoms with E-state index in [0.717, 1.165) is 44.9 Å². The lowest BCUT2D eigenvalue weighted by molar-refractivity contribution is -0.131. The summed E-state index contributed by atoms with van der Waals surface area (Å²) in [6, 6.07) is 9.40. The number of hydrogen-bond donors (Lipinski definition) is 1. The summed E-state index contributed by atoms with van der Waals surface area (Å²) in [4.78, 5) is 17.6. The fourth-order valence-electron chi connectivity index (χ4n) is 5.15. The van der Waals surface area contributed by atoms with Gasteiger partial charge in [-0.3, -0.25) is 14.6 Å². The first-order valence-electron chi connectivity index (χ1n) is 10.7. The molecule has 154 valence electrons. The van der Waals surface area contributed by atoms with Crippen LogP contribution < -0.4 is 10.1 Å². The Balaban J connectivity index is 1.53. The molecule has 2 unspecified atom stereocenters. The van der Waals surface area contributed by atoms with Crippen molar-refractivity contribution in [3.05, 3.63) is 29.8 Å². The third-order valence-corrected chi connectivity index (χ3v) is 6.56. The zero-order valence-corrected chi connectivity index (χ0v) is 17.1. The van der Waals surface area contributed by atoms with E-state index in [9.17, 15) is 4.79 Å². The second kappa shape index (κ2) is 8.80. The molecular weight excluding hydrogens is 354 g/mol. The number of nitrogens with one attached hydrogen (secondary N) is 1. The number of carbonyl (C=O) groups excluding carboxylic acids is 1. The monoisotopic (exact) mass is 387 g/mol. The molecule has 1 N–H and O–H groups in total. The van der Waals surface area contributed by atoms with Crippen LogP contribution >= 0.6 is 0 Å². The van der Waals surface area contributed by atoms with Crippen LogP contribution in [0.15, 0.2) is 24.3 Å². The number of hydrogen-bond acceptors (Lipinski definition) is 5. The van der Waals surface area contributed by atoms with E-state index >= 15 is 0 Å². The van der Waals surface area contributed by atoms with Crippen molar-refractivity contribution in [1.82, 2.24) is 15.1 Å². The van der Waals surface area contributed by atoms with Crippen LogP contribution in [-0.2, 0) is 9.53 Å². The van der Waals surface area contributed by atoms with Crippen molar-refractivity contribution in [3.8, 4) is 5.75 Å². The van der Waals surface area contributed by atoms with Crippen molar-refractivity contribution in [1.29, 1.82) is 0 Å². The van der Waals surface area contributed by atoms with Gasteiger partial charge in [-0.2, -0.15) is 0 Å². The highest BCUT2D eigenvalue weighted by Crippen LogP contribution is 2.36. The lowest BCUT2D eigenvalue weighted by Crippen LogP contribution is -2.61. The van der Waals surface area contributed by atoms with E-state index in [4.69, 9.17) is 9.47 Å². The minimum Gasteiger partial charge on any atom is -0.497 e. The van der Waals surface area contributed by atoms with E-state index in [1.807, 2.05) is 6.07 Å². The number of rotatable bonds is 4. The molecule has 6 nitrogen and oxygen atoms in total. The van der Waals surface area contributed by atoms with Crippen molar-refractivity contribution >= 4 is 5.91 Å². The van der Waals surface area contributed by atoms with Crippen molar-refractivity contribution in [2.75, 3.05) is 33.4 Å². The van der Waals surface area contributed by atoms with Gasteiger partial charge in [0, 0.05) is 37.6 Å². The largest absolute Gasteiger partial charge is 0.497 e. The number of piperidine rings is 2. The van der Waals surface area contributed by atoms with Gasteiger partial charge in [0.25, 0.3) is 0 Å². The molecule has 4 rings (SSSR count). The number of benzene rings is 1. The molecule has 1 aromatic carbocycles. The fraction of sp³-hybridized carbons (Fsp3) is 0.682. The maximum atomic E-state index is 12.6. The summed E-state index contributed by atoms with van der Waals surface area (Å²) in [7, 11) is 1.72. The van der Waals surface area contributed by atoms with Crippen LogP contribution in [-0.4, -0.2) is 67.4 Å². The Bertz CT molecular complexity index is 683. The Kier molecular flexibility index (Phi) is 6.19. The lowest BCUT2D eigenvalue weighted by atomic mass is 9.91. The van der Waals surface area contributed by atoms with Crippen LogP contribution in [0.1, 0.15) is 50.6 Å². The van der Waals surface area contributed by atoms with E-state index in [0.29, 0.717) is 24.5 Å². The van der Waals surface area contributed by atoms with E-state index in [2.05, 4.69) is 40.2 Å². The third kappa shape index (κ3) is 4.19. The average molecular weight is 388 g/mol. The van der Waals surface area contributed by atoms with Crippen LogP contribution in [0.5, 0.6) is 5.75 Å². The standard InChI is InChI=1S/C22H33N3O3/c1-16-15-28-11-10-24(16)18-13-21(23-22(26)14-18)25-9-4-3-8-20(25)17-6-5-7-19(12-17)27-2/h5-7,12,16,18,20-21H,3-4,8-11,13-15H2,1-2H3,(H,23,26)/t16-,18?,20+,21?/m1/s1. The molecule has 4 atom stereocenters. The molecule has 0 aromatic heterocycles. The molecule has 0 bridgehead atoms. The summed E-state index contributed by atoms with van der Waals surface area (Å²) in [6.45, 7) is 5.69. The number of nitrogens with zero attached hydrogens (tertiary/aromatic N) is 2. The Morgan fingerprint density at radius 2 is 2.11 bits per heavy atom. The molecule has 6 heteroatoms. The predicted octanol–water partition coefficient (Wildman–Crippen LogP) is 2.55. The first-order valence-corrected chi connectivity index (χ1v) is 10.7. The van der Waals surface area contributed by atoms with Gasteiger partial charge in [0.2, 0.25) is 5.91 Å². The molecule has 0 radical (unpaired) electrons. The average Bonchev–Trinajstić information content (AvgIpc) is 2.73. The molecule has 3 saturated heterocycles. The van der Waals surface area contributed by atoms with Crippen LogP contribution in [0.3, 0.4) is 0 Å². The van der Waals surface area contributed by atoms with Crippen molar-refractivity contribution in [2.24, 2.45) is 0 Å². The van der Waals surface area contributed by atoms with Gasteiger partial charge in [-0.15, -0.1) is 0 Å². The summed E-state index contributed by atoms with van der Waals surface area (Å²) >= 11 is 0. The second-order valence-electron chi connectivity index (χ2n) is 8.36. The molecular formula is C22H33N3O3. The quantitative estimate of drug-likeness (QED) is 0.861. The molecule has 28 heavy (non-hydrogen) atoms. The summed E-state index contributed by atoms with van der Waals surface area (Å²) in [5, 5.41) is 3.30. The number of amides is 1. The van der Waals surface area contributed by atoms with E-state index in [1.54, 1.807) is 7.11 Å². The normalized spacial score (nSPS) is 32.7. The van der Waals surface area contributed by atoms with Crippen LogP contribution in [0.25, 0.3) is 0 Å².